The molecule has 2 heterocycles. The summed E-state index contributed by atoms with van der Waals surface area (Å²) in [5, 5.41) is 6.69. The van der Waals surface area contributed by atoms with Gasteiger partial charge in [0.05, 0.1) is 18.9 Å². The minimum atomic E-state index is -0.723. The van der Waals surface area contributed by atoms with Crippen molar-refractivity contribution >= 4 is 11.6 Å². The summed E-state index contributed by atoms with van der Waals surface area (Å²) in [5.41, 5.74) is -0.293. The van der Waals surface area contributed by atoms with Crippen molar-refractivity contribution in [1.29, 1.82) is 0 Å². The SMILES string of the molecule is COc1cc(=O)c(C(=O)Nc2ccc3c(c2)OCCO3)nn1-c1cccc(F)c1. The van der Waals surface area contributed by atoms with Gasteiger partial charge >= 0.3 is 0 Å². The van der Waals surface area contributed by atoms with E-state index in [9.17, 15) is 14.0 Å². The molecule has 1 N–H and O–H groups in total. The Balaban J connectivity index is 1.68. The first-order chi connectivity index (χ1) is 14.0. The molecule has 0 bridgehead atoms. The van der Waals surface area contributed by atoms with E-state index in [0.717, 1.165) is 6.07 Å². The highest BCUT2D eigenvalue weighted by atomic mass is 19.1. The predicted molar refractivity (Wildman–Crippen MR) is 102 cm³/mol. The molecule has 0 aliphatic carbocycles. The van der Waals surface area contributed by atoms with Crippen molar-refractivity contribution in [3.63, 3.8) is 0 Å². The highest BCUT2D eigenvalue weighted by Crippen LogP contribution is 2.32. The normalized spacial score (nSPS) is 12.3. The van der Waals surface area contributed by atoms with E-state index in [2.05, 4.69) is 10.4 Å². The summed E-state index contributed by atoms with van der Waals surface area (Å²) in [5.74, 6) is -0.0810. The number of hydrogen-bond donors (Lipinski definition) is 1. The van der Waals surface area contributed by atoms with E-state index in [0.29, 0.717) is 36.1 Å². The number of hydrogen-bond acceptors (Lipinski definition) is 6. The number of fused-ring (bicyclic) bond motifs is 1. The lowest BCUT2D eigenvalue weighted by atomic mass is 10.2. The van der Waals surface area contributed by atoms with Gasteiger partial charge in [-0.1, -0.05) is 6.07 Å². The molecular weight excluding hydrogens is 381 g/mol. The summed E-state index contributed by atoms with van der Waals surface area (Å²) in [6.07, 6.45) is 0. The monoisotopic (exact) mass is 397 g/mol. The molecule has 1 amide bonds. The van der Waals surface area contributed by atoms with Crippen LogP contribution in [0.25, 0.3) is 5.69 Å². The van der Waals surface area contributed by atoms with Gasteiger partial charge in [0.25, 0.3) is 5.91 Å². The third-order valence-electron chi connectivity index (χ3n) is 4.17. The number of aromatic nitrogens is 2. The average Bonchev–Trinajstić information content (AvgIpc) is 2.73. The molecule has 4 rings (SSSR count). The van der Waals surface area contributed by atoms with Gasteiger partial charge in [-0.25, -0.2) is 9.07 Å². The molecule has 9 heteroatoms. The number of amides is 1. The van der Waals surface area contributed by atoms with Gasteiger partial charge in [0, 0.05) is 11.8 Å². The highest BCUT2D eigenvalue weighted by Gasteiger charge is 2.19. The van der Waals surface area contributed by atoms with Gasteiger partial charge in [0.2, 0.25) is 11.3 Å². The van der Waals surface area contributed by atoms with Crippen LogP contribution in [0.5, 0.6) is 17.4 Å². The molecule has 0 spiro atoms. The van der Waals surface area contributed by atoms with Crippen LogP contribution in [-0.4, -0.2) is 36.0 Å². The second-order valence-corrected chi connectivity index (χ2v) is 6.10. The summed E-state index contributed by atoms with van der Waals surface area (Å²) in [6, 6.07) is 11.6. The van der Waals surface area contributed by atoms with Crippen LogP contribution in [0.2, 0.25) is 0 Å². The molecule has 0 saturated carbocycles. The smallest absolute Gasteiger partial charge is 0.280 e. The number of nitrogens with one attached hydrogen (secondary N) is 1. The Kier molecular flexibility index (Phi) is 4.86. The molecule has 0 atom stereocenters. The molecule has 1 aliphatic rings. The van der Waals surface area contributed by atoms with E-state index < -0.39 is 17.2 Å². The van der Waals surface area contributed by atoms with E-state index in [4.69, 9.17) is 14.2 Å². The van der Waals surface area contributed by atoms with Crippen LogP contribution >= 0.6 is 0 Å². The summed E-state index contributed by atoms with van der Waals surface area (Å²) < 4.78 is 30.9. The van der Waals surface area contributed by atoms with Crippen LogP contribution < -0.4 is 25.0 Å². The van der Waals surface area contributed by atoms with Crippen molar-refractivity contribution in [1.82, 2.24) is 9.78 Å². The van der Waals surface area contributed by atoms with Crippen LogP contribution in [0, 0.1) is 5.82 Å². The first kappa shape index (κ1) is 18.5. The number of nitrogens with zero attached hydrogens (tertiary/aromatic N) is 2. The average molecular weight is 397 g/mol. The maximum absolute atomic E-state index is 13.6. The summed E-state index contributed by atoms with van der Waals surface area (Å²) in [6.45, 7) is 0.858. The Bertz CT molecular complexity index is 1150. The number of halogens is 1. The molecule has 0 fully saturated rings. The Morgan fingerprint density at radius 3 is 2.69 bits per heavy atom. The summed E-state index contributed by atoms with van der Waals surface area (Å²) >= 11 is 0. The van der Waals surface area contributed by atoms with Gasteiger partial charge in [0.15, 0.2) is 17.2 Å². The van der Waals surface area contributed by atoms with Crippen LogP contribution in [0.15, 0.2) is 53.3 Å². The van der Waals surface area contributed by atoms with Gasteiger partial charge in [-0.3, -0.25) is 9.59 Å². The van der Waals surface area contributed by atoms with Crippen LogP contribution in [-0.2, 0) is 0 Å². The second-order valence-electron chi connectivity index (χ2n) is 6.10. The van der Waals surface area contributed by atoms with Gasteiger partial charge in [-0.15, -0.1) is 0 Å². The third kappa shape index (κ3) is 3.75. The molecule has 2 aromatic carbocycles. The van der Waals surface area contributed by atoms with E-state index in [1.54, 1.807) is 24.3 Å². The lowest BCUT2D eigenvalue weighted by Crippen LogP contribution is -2.26. The number of anilines is 1. The Morgan fingerprint density at radius 2 is 1.93 bits per heavy atom. The molecule has 29 heavy (non-hydrogen) atoms. The van der Waals surface area contributed by atoms with Crippen molar-refractivity contribution < 1.29 is 23.4 Å². The largest absolute Gasteiger partial charge is 0.486 e. The number of benzene rings is 2. The molecular formula is C20H16FN3O5. The molecule has 1 aromatic heterocycles. The van der Waals surface area contributed by atoms with Gasteiger partial charge in [0.1, 0.15) is 19.0 Å². The molecule has 0 saturated heterocycles. The minimum Gasteiger partial charge on any atom is -0.486 e. The van der Waals surface area contributed by atoms with Crippen molar-refractivity contribution in [3.05, 3.63) is 70.3 Å². The quantitative estimate of drug-likeness (QED) is 0.727. The Labute approximate surface area is 164 Å². The second kappa shape index (κ2) is 7.63. The van der Waals surface area contributed by atoms with Crippen molar-refractivity contribution in [3.8, 4) is 23.1 Å². The van der Waals surface area contributed by atoms with Crippen molar-refractivity contribution in [2.75, 3.05) is 25.6 Å². The van der Waals surface area contributed by atoms with Gasteiger partial charge in [-0.05, 0) is 30.3 Å². The van der Waals surface area contributed by atoms with Crippen LogP contribution in [0.4, 0.5) is 10.1 Å². The van der Waals surface area contributed by atoms with E-state index in [1.807, 2.05) is 0 Å². The Morgan fingerprint density at radius 1 is 1.14 bits per heavy atom. The molecule has 3 aromatic rings. The van der Waals surface area contributed by atoms with Crippen molar-refractivity contribution in [2.45, 2.75) is 0 Å². The minimum absolute atomic E-state index is 0.0662. The van der Waals surface area contributed by atoms with E-state index in [1.165, 1.54) is 30.0 Å². The fourth-order valence-electron chi connectivity index (χ4n) is 2.85. The first-order valence-electron chi connectivity index (χ1n) is 8.70. The zero-order chi connectivity index (χ0) is 20.4. The highest BCUT2D eigenvalue weighted by molar-refractivity contribution is 6.02. The zero-order valence-electron chi connectivity index (χ0n) is 15.3. The number of carbonyl (C=O) groups excluding carboxylic acids is 1. The first-order valence-corrected chi connectivity index (χ1v) is 8.70. The number of rotatable bonds is 4. The molecule has 148 valence electrons. The standard InChI is InChI=1S/C20H16FN3O5/c1-27-18-11-15(25)19(23-24(18)14-4-2-3-12(21)9-14)20(26)22-13-5-6-16-17(10-13)29-8-7-28-16/h2-6,9-11H,7-8H2,1H3,(H,22,26). The molecule has 0 radical (unpaired) electrons. The third-order valence-corrected chi connectivity index (χ3v) is 4.17. The number of ether oxygens (including phenoxy) is 3. The number of methoxy groups -OCH3 is 1. The van der Waals surface area contributed by atoms with Crippen LogP contribution in [0.3, 0.4) is 0 Å². The fourth-order valence-corrected chi connectivity index (χ4v) is 2.85. The summed E-state index contributed by atoms with van der Waals surface area (Å²) in [4.78, 5) is 25.1. The van der Waals surface area contributed by atoms with Gasteiger partial charge in [-0.2, -0.15) is 5.10 Å². The number of carbonyl (C=O) groups is 1. The Hall–Kier alpha value is -3.88. The van der Waals surface area contributed by atoms with E-state index in [-0.39, 0.29) is 11.6 Å². The van der Waals surface area contributed by atoms with Crippen LogP contribution in [0.1, 0.15) is 10.5 Å². The lowest BCUT2D eigenvalue weighted by molar-refractivity contribution is 0.101. The lowest BCUT2D eigenvalue weighted by Gasteiger charge is -2.19. The van der Waals surface area contributed by atoms with E-state index >= 15 is 0 Å². The maximum atomic E-state index is 13.6. The maximum Gasteiger partial charge on any atom is 0.280 e. The molecule has 0 unspecified atom stereocenters. The fraction of sp³-hybridized carbons (Fsp3) is 0.150. The summed E-state index contributed by atoms with van der Waals surface area (Å²) in [7, 11) is 1.35. The molecule has 1 aliphatic heterocycles. The predicted octanol–water partition coefficient (Wildman–Crippen LogP) is 2.40. The topological polar surface area (TPSA) is 91.7 Å². The van der Waals surface area contributed by atoms with Gasteiger partial charge < -0.3 is 19.5 Å². The molecule has 8 nitrogen and oxygen atoms in total. The zero-order valence-corrected chi connectivity index (χ0v) is 15.3. The van der Waals surface area contributed by atoms with Crippen molar-refractivity contribution in [2.24, 2.45) is 0 Å².